The van der Waals surface area contributed by atoms with Crippen molar-refractivity contribution in [3.8, 4) is 5.75 Å². The average Bonchev–Trinajstić information content (AvgIpc) is 3.10. The number of benzene rings is 3. The molecular weight excluding hydrogens is 450 g/mol. The van der Waals surface area contributed by atoms with Crippen LogP contribution in [0.25, 0.3) is 6.08 Å². The first-order chi connectivity index (χ1) is 15.9. The number of para-hydroxylation sites is 1. The van der Waals surface area contributed by atoms with E-state index in [2.05, 4.69) is 4.99 Å². The van der Waals surface area contributed by atoms with Gasteiger partial charge in [0.2, 0.25) is 0 Å². The number of aliphatic carboxylic acids is 1. The molecule has 6 nitrogen and oxygen atoms in total. The van der Waals surface area contributed by atoms with Crippen LogP contribution in [0.3, 0.4) is 0 Å². The molecule has 166 valence electrons. The van der Waals surface area contributed by atoms with E-state index in [1.807, 2.05) is 0 Å². The SMILES string of the molecule is O=C([O-])COc1ccccc1/C=C1\SC(=Nc2ccc(F)cc2)N(c2ccc(F)cc2)C1=O. The summed E-state index contributed by atoms with van der Waals surface area (Å²) in [5.74, 6) is -2.40. The van der Waals surface area contributed by atoms with Crippen molar-refractivity contribution in [1.29, 1.82) is 0 Å². The molecule has 4 rings (SSSR count). The molecule has 3 aromatic rings. The predicted molar refractivity (Wildman–Crippen MR) is 120 cm³/mol. The molecule has 1 aliphatic heterocycles. The summed E-state index contributed by atoms with van der Waals surface area (Å²) in [6, 6.07) is 17.4. The zero-order valence-electron chi connectivity index (χ0n) is 16.9. The van der Waals surface area contributed by atoms with Crippen LogP contribution < -0.4 is 14.7 Å². The summed E-state index contributed by atoms with van der Waals surface area (Å²) in [6.45, 7) is -0.639. The molecule has 1 heterocycles. The van der Waals surface area contributed by atoms with Gasteiger partial charge in [-0.05, 0) is 72.4 Å². The van der Waals surface area contributed by atoms with Crippen molar-refractivity contribution in [3.63, 3.8) is 0 Å². The van der Waals surface area contributed by atoms with Crippen molar-refractivity contribution in [1.82, 2.24) is 0 Å². The Morgan fingerprint density at radius 2 is 1.64 bits per heavy atom. The summed E-state index contributed by atoms with van der Waals surface area (Å²) < 4.78 is 32.0. The number of halogens is 2. The van der Waals surface area contributed by atoms with Gasteiger partial charge in [-0.15, -0.1) is 0 Å². The maximum Gasteiger partial charge on any atom is 0.271 e. The molecule has 0 atom stereocenters. The number of hydrogen-bond donors (Lipinski definition) is 0. The highest BCUT2D eigenvalue weighted by Crippen LogP contribution is 2.38. The van der Waals surface area contributed by atoms with Gasteiger partial charge >= 0.3 is 0 Å². The first-order valence-corrected chi connectivity index (χ1v) is 10.5. The quantitative estimate of drug-likeness (QED) is 0.516. The Kier molecular flexibility index (Phi) is 6.50. The number of ether oxygens (including phenoxy) is 1. The Morgan fingerprint density at radius 1 is 1.00 bits per heavy atom. The van der Waals surface area contributed by atoms with E-state index in [0.29, 0.717) is 16.9 Å². The van der Waals surface area contributed by atoms with Gasteiger partial charge in [0.15, 0.2) is 5.17 Å². The van der Waals surface area contributed by atoms with Crippen LogP contribution in [0.2, 0.25) is 0 Å². The van der Waals surface area contributed by atoms with E-state index in [0.717, 1.165) is 11.8 Å². The standard InChI is InChI=1S/C24H16F2N2O4S/c25-16-5-9-18(10-6-16)27-24-28(19-11-7-17(26)8-12-19)23(31)21(33-24)13-15-3-1-2-4-20(15)32-14-22(29)30/h1-13H,14H2,(H,29,30)/p-1/b21-13-,27-24?. The first-order valence-electron chi connectivity index (χ1n) is 9.66. The average molecular weight is 465 g/mol. The van der Waals surface area contributed by atoms with Crippen molar-refractivity contribution in [2.24, 2.45) is 4.99 Å². The molecule has 1 saturated heterocycles. The molecule has 0 aromatic heterocycles. The van der Waals surface area contributed by atoms with Gasteiger partial charge in [0.25, 0.3) is 5.91 Å². The normalized spacial score (nSPS) is 15.9. The summed E-state index contributed by atoms with van der Waals surface area (Å²) in [5.41, 5.74) is 1.31. The van der Waals surface area contributed by atoms with Crippen LogP contribution in [0.15, 0.2) is 82.7 Å². The Hall–Kier alpha value is -3.98. The molecule has 3 aromatic carbocycles. The Labute approximate surface area is 191 Å². The van der Waals surface area contributed by atoms with Gasteiger partial charge in [-0.1, -0.05) is 18.2 Å². The minimum Gasteiger partial charge on any atom is -0.546 e. The molecule has 0 N–H and O–H groups in total. The summed E-state index contributed by atoms with van der Waals surface area (Å²) in [7, 11) is 0. The summed E-state index contributed by atoms with van der Waals surface area (Å²) in [6.07, 6.45) is 1.56. The first kappa shape index (κ1) is 22.2. The second-order valence-electron chi connectivity index (χ2n) is 6.80. The Bertz CT molecular complexity index is 1260. The highest BCUT2D eigenvalue weighted by Gasteiger charge is 2.35. The number of aliphatic imine (C=N–C) groups is 1. The lowest BCUT2D eigenvalue weighted by atomic mass is 10.2. The second kappa shape index (κ2) is 9.66. The number of carboxylic acids is 1. The fourth-order valence-electron chi connectivity index (χ4n) is 3.00. The molecule has 9 heteroatoms. The number of carboxylic acid groups (broad SMARTS) is 1. The van der Waals surface area contributed by atoms with Gasteiger partial charge < -0.3 is 14.6 Å². The van der Waals surface area contributed by atoms with E-state index >= 15 is 0 Å². The van der Waals surface area contributed by atoms with Gasteiger partial charge in [-0.3, -0.25) is 9.69 Å². The van der Waals surface area contributed by atoms with Gasteiger partial charge in [-0.2, -0.15) is 0 Å². The van der Waals surface area contributed by atoms with Gasteiger partial charge in [0, 0.05) is 5.56 Å². The zero-order valence-corrected chi connectivity index (χ0v) is 17.7. The minimum absolute atomic E-state index is 0.264. The van der Waals surface area contributed by atoms with Gasteiger partial charge in [0.1, 0.15) is 24.0 Å². The van der Waals surface area contributed by atoms with Crippen molar-refractivity contribution in [2.75, 3.05) is 11.5 Å². The Morgan fingerprint density at radius 3 is 2.30 bits per heavy atom. The van der Waals surface area contributed by atoms with E-state index in [4.69, 9.17) is 4.74 Å². The summed E-state index contributed by atoms with van der Waals surface area (Å²) in [5, 5.41) is 11.0. The molecule has 1 aliphatic rings. The number of rotatable bonds is 6. The number of thioether (sulfide) groups is 1. The molecule has 0 unspecified atom stereocenters. The number of nitrogens with zero attached hydrogens (tertiary/aromatic N) is 2. The fraction of sp³-hybridized carbons (Fsp3) is 0.0417. The predicted octanol–water partition coefficient (Wildman–Crippen LogP) is 3.90. The van der Waals surface area contributed by atoms with Crippen LogP contribution in [0, 0.1) is 11.6 Å². The van der Waals surface area contributed by atoms with E-state index < -0.39 is 30.1 Å². The monoisotopic (exact) mass is 465 g/mol. The van der Waals surface area contributed by atoms with Crippen LogP contribution in [0.4, 0.5) is 20.2 Å². The number of anilines is 1. The van der Waals surface area contributed by atoms with Crippen LogP contribution in [0.1, 0.15) is 5.56 Å². The number of amides is 1. The largest absolute Gasteiger partial charge is 0.546 e. The van der Waals surface area contributed by atoms with Crippen LogP contribution >= 0.6 is 11.8 Å². The molecule has 0 radical (unpaired) electrons. The van der Waals surface area contributed by atoms with Crippen LogP contribution in [-0.2, 0) is 9.59 Å². The Balaban J connectivity index is 1.74. The molecule has 0 aliphatic carbocycles. The van der Waals surface area contributed by atoms with Crippen molar-refractivity contribution >= 4 is 46.3 Å². The van der Waals surface area contributed by atoms with E-state index in [-0.39, 0.29) is 15.8 Å². The third-order valence-electron chi connectivity index (χ3n) is 4.49. The number of hydrogen-bond acceptors (Lipinski definition) is 6. The van der Waals surface area contributed by atoms with Crippen molar-refractivity contribution < 1.29 is 28.2 Å². The molecule has 1 fully saturated rings. The minimum atomic E-state index is -1.38. The molecule has 33 heavy (non-hydrogen) atoms. The molecule has 0 spiro atoms. The lowest BCUT2D eigenvalue weighted by molar-refractivity contribution is -0.307. The molecule has 0 saturated carbocycles. The summed E-state index contributed by atoms with van der Waals surface area (Å²) >= 11 is 1.07. The van der Waals surface area contributed by atoms with E-state index in [9.17, 15) is 23.5 Å². The topological polar surface area (TPSA) is 82.0 Å². The van der Waals surface area contributed by atoms with Gasteiger partial charge in [-0.25, -0.2) is 13.8 Å². The second-order valence-corrected chi connectivity index (χ2v) is 7.81. The zero-order chi connectivity index (χ0) is 23.4. The van der Waals surface area contributed by atoms with Crippen LogP contribution in [-0.4, -0.2) is 23.7 Å². The maximum absolute atomic E-state index is 13.4. The maximum atomic E-state index is 13.4. The highest BCUT2D eigenvalue weighted by atomic mass is 32.2. The lowest BCUT2D eigenvalue weighted by Crippen LogP contribution is -2.29. The number of carbonyl (C=O) groups is 2. The van der Waals surface area contributed by atoms with Crippen molar-refractivity contribution in [3.05, 3.63) is 94.9 Å². The number of carbonyl (C=O) groups excluding carboxylic acids is 2. The summed E-state index contributed by atoms with van der Waals surface area (Å²) in [4.78, 5) is 30.1. The smallest absolute Gasteiger partial charge is 0.271 e. The van der Waals surface area contributed by atoms with Crippen LogP contribution in [0.5, 0.6) is 5.75 Å². The third-order valence-corrected chi connectivity index (χ3v) is 5.46. The highest BCUT2D eigenvalue weighted by molar-refractivity contribution is 8.19. The van der Waals surface area contributed by atoms with E-state index in [1.165, 1.54) is 53.4 Å². The molecule has 0 bridgehead atoms. The number of amidine groups is 1. The van der Waals surface area contributed by atoms with E-state index in [1.54, 1.807) is 30.3 Å². The van der Waals surface area contributed by atoms with Gasteiger partial charge in [0.05, 0.1) is 22.2 Å². The molecular formula is C24H15F2N2O4S-. The third kappa shape index (κ3) is 5.27. The lowest BCUT2D eigenvalue weighted by Gasteiger charge is -2.15. The molecule has 1 amide bonds. The van der Waals surface area contributed by atoms with Crippen molar-refractivity contribution in [2.45, 2.75) is 0 Å². The fourth-order valence-corrected chi connectivity index (χ4v) is 3.99.